The van der Waals surface area contributed by atoms with Gasteiger partial charge in [0.2, 0.25) is 0 Å². The van der Waals surface area contributed by atoms with E-state index in [-0.39, 0.29) is 6.42 Å². The maximum atomic E-state index is 10.5. The van der Waals surface area contributed by atoms with Crippen molar-refractivity contribution in [3.63, 3.8) is 0 Å². The zero-order valence-electron chi connectivity index (χ0n) is 9.98. The fourth-order valence-corrected chi connectivity index (χ4v) is 2.52. The van der Waals surface area contributed by atoms with E-state index in [4.69, 9.17) is 5.11 Å². The summed E-state index contributed by atoms with van der Waals surface area (Å²) in [4.78, 5) is 10.5. The average molecular weight is 230 g/mol. The van der Waals surface area contributed by atoms with Gasteiger partial charge in [-0.1, -0.05) is 35.9 Å². The molecule has 1 aliphatic carbocycles. The molecule has 0 aromatic heterocycles. The van der Waals surface area contributed by atoms with E-state index in [0.717, 1.165) is 25.7 Å². The van der Waals surface area contributed by atoms with E-state index in [9.17, 15) is 4.79 Å². The lowest BCUT2D eigenvalue weighted by Gasteiger charge is -2.07. The maximum Gasteiger partial charge on any atom is 0.303 e. The third kappa shape index (κ3) is 3.19. The third-order valence-electron chi connectivity index (χ3n) is 3.32. The first-order chi connectivity index (χ1) is 8.27. The van der Waals surface area contributed by atoms with Crippen LogP contribution in [0.15, 0.2) is 35.9 Å². The van der Waals surface area contributed by atoms with Crippen LogP contribution < -0.4 is 0 Å². The summed E-state index contributed by atoms with van der Waals surface area (Å²) in [5.41, 5.74) is 4.24. The Kier molecular flexibility index (Phi) is 3.97. The molecular weight excluding hydrogens is 212 g/mol. The van der Waals surface area contributed by atoms with Gasteiger partial charge in [-0.3, -0.25) is 4.79 Å². The van der Waals surface area contributed by atoms with Gasteiger partial charge in [-0.2, -0.15) is 0 Å². The highest BCUT2D eigenvalue weighted by Gasteiger charge is 2.15. The van der Waals surface area contributed by atoms with Crippen LogP contribution in [0.5, 0.6) is 0 Å². The number of aliphatic carboxylic acids is 1. The number of rotatable bonds is 5. The maximum absolute atomic E-state index is 10.5. The first-order valence-electron chi connectivity index (χ1n) is 6.25. The minimum atomic E-state index is -0.690. The molecule has 2 nitrogen and oxygen atoms in total. The zero-order valence-corrected chi connectivity index (χ0v) is 9.98. The summed E-state index contributed by atoms with van der Waals surface area (Å²) in [6.45, 7) is 0. The number of hydrogen-bond donors (Lipinski definition) is 1. The van der Waals surface area contributed by atoms with Gasteiger partial charge in [0, 0.05) is 6.42 Å². The van der Waals surface area contributed by atoms with Gasteiger partial charge in [0.05, 0.1) is 0 Å². The molecule has 0 unspecified atom stereocenters. The zero-order chi connectivity index (χ0) is 12.1. The second-order valence-corrected chi connectivity index (χ2v) is 4.55. The van der Waals surface area contributed by atoms with Gasteiger partial charge < -0.3 is 5.11 Å². The van der Waals surface area contributed by atoms with Crippen molar-refractivity contribution in [2.75, 3.05) is 0 Å². The Hall–Kier alpha value is -1.57. The smallest absolute Gasteiger partial charge is 0.303 e. The molecule has 0 aliphatic heterocycles. The molecule has 1 aliphatic rings. The standard InChI is InChI=1S/C15H18O2/c16-15(17)11-5-9-13-8-4-10-14(13)12-6-2-1-3-7-12/h1-3,6-7H,4-5,8-11H2,(H,16,17). The molecule has 1 N–H and O–H groups in total. The quantitative estimate of drug-likeness (QED) is 0.833. The van der Waals surface area contributed by atoms with Crippen LogP contribution in [0.3, 0.4) is 0 Å². The number of carbonyl (C=O) groups is 1. The molecule has 17 heavy (non-hydrogen) atoms. The Balaban J connectivity index is 2.05. The van der Waals surface area contributed by atoms with Gasteiger partial charge >= 0.3 is 5.97 Å². The Morgan fingerprint density at radius 1 is 1.18 bits per heavy atom. The number of benzene rings is 1. The summed E-state index contributed by atoms with van der Waals surface area (Å²) >= 11 is 0. The Labute approximate surface area is 102 Å². The first-order valence-corrected chi connectivity index (χ1v) is 6.25. The first kappa shape index (κ1) is 11.9. The fourth-order valence-electron chi connectivity index (χ4n) is 2.52. The molecule has 0 spiro atoms. The minimum Gasteiger partial charge on any atom is -0.481 e. The summed E-state index contributed by atoms with van der Waals surface area (Å²) in [5, 5.41) is 8.65. The molecule has 2 rings (SSSR count). The molecule has 0 saturated heterocycles. The molecule has 0 bridgehead atoms. The van der Waals surface area contributed by atoms with E-state index >= 15 is 0 Å². The summed E-state index contributed by atoms with van der Waals surface area (Å²) in [7, 11) is 0. The Morgan fingerprint density at radius 3 is 2.65 bits per heavy atom. The summed E-state index contributed by atoms with van der Waals surface area (Å²) in [6.07, 6.45) is 5.49. The van der Waals surface area contributed by atoms with Crippen molar-refractivity contribution >= 4 is 11.5 Å². The molecular formula is C15H18O2. The number of allylic oxidation sites excluding steroid dienone is 2. The van der Waals surface area contributed by atoms with E-state index in [1.165, 1.54) is 23.1 Å². The molecule has 0 amide bonds. The molecule has 90 valence electrons. The van der Waals surface area contributed by atoms with E-state index in [0.29, 0.717) is 0 Å². The number of carboxylic acids is 1. The summed E-state index contributed by atoms with van der Waals surface area (Å²) in [6, 6.07) is 10.5. The van der Waals surface area contributed by atoms with Gasteiger partial charge in [0.15, 0.2) is 0 Å². The van der Waals surface area contributed by atoms with E-state index < -0.39 is 5.97 Å². The van der Waals surface area contributed by atoms with Crippen LogP contribution in [0.4, 0.5) is 0 Å². The lowest BCUT2D eigenvalue weighted by molar-refractivity contribution is -0.137. The SMILES string of the molecule is O=C(O)CCCC1=C(c2ccccc2)CCC1. The Morgan fingerprint density at radius 2 is 1.94 bits per heavy atom. The van der Waals surface area contributed by atoms with Crippen LogP contribution in [0, 0.1) is 0 Å². The highest BCUT2D eigenvalue weighted by Crippen LogP contribution is 2.36. The normalized spacial score (nSPS) is 15.3. The largest absolute Gasteiger partial charge is 0.481 e. The summed E-state index contributed by atoms with van der Waals surface area (Å²) in [5.74, 6) is -0.690. The highest BCUT2D eigenvalue weighted by molar-refractivity contribution is 5.71. The van der Waals surface area contributed by atoms with E-state index in [2.05, 4.69) is 24.3 Å². The van der Waals surface area contributed by atoms with Crippen molar-refractivity contribution in [1.29, 1.82) is 0 Å². The Bertz CT molecular complexity index is 418. The predicted octanol–water partition coefficient (Wildman–Crippen LogP) is 3.88. The van der Waals surface area contributed by atoms with Gasteiger partial charge in [0.1, 0.15) is 0 Å². The monoisotopic (exact) mass is 230 g/mol. The minimum absolute atomic E-state index is 0.283. The lowest BCUT2D eigenvalue weighted by atomic mass is 9.99. The third-order valence-corrected chi connectivity index (χ3v) is 3.32. The van der Waals surface area contributed by atoms with Crippen LogP contribution in [-0.4, -0.2) is 11.1 Å². The van der Waals surface area contributed by atoms with Crippen molar-refractivity contribution in [3.05, 3.63) is 41.5 Å². The fraction of sp³-hybridized carbons (Fsp3) is 0.400. The van der Waals surface area contributed by atoms with Crippen LogP contribution in [-0.2, 0) is 4.79 Å². The average Bonchev–Trinajstić information content (AvgIpc) is 2.78. The number of carboxylic acid groups (broad SMARTS) is 1. The van der Waals surface area contributed by atoms with Crippen LogP contribution in [0.25, 0.3) is 5.57 Å². The molecule has 1 aromatic rings. The molecule has 0 saturated carbocycles. The molecule has 1 aromatic carbocycles. The van der Waals surface area contributed by atoms with Crippen LogP contribution in [0.1, 0.15) is 44.1 Å². The van der Waals surface area contributed by atoms with Crippen molar-refractivity contribution < 1.29 is 9.90 Å². The predicted molar refractivity (Wildman–Crippen MR) is 68.7 cm³/mol. The van der Waals surface area contributed by atoms with E-state index in [1.54, 1.807) is 0 Å². The van der Waals surface area contributed by atoms with Gasteiger partial charge in [-0.25, -0.2) is 0 Å². The lowest BCUT2D eigenvalue weighted by Crippen LogP contribution is -1.94. The highest BCUT2D eigenvalue weighted by atomic mass is 16.4. The molecule has 0 atom stereocenters. The van der Waals surface area contributed by atoms with Crippen molar-refractivity contribution in [3.8, 4) is 0 Å². The van der Waals surface area contributed by atoms with Crippen LogP contribution in [0.2, 0.25) is 0 Å². The topological polar surface area (TPSA) is 37.3 Å². The van der Waals surface area contributed by atoms with Crippen molar-refractivity contribution in [2.24, 2.45) is 0 Å². The summed E-state index contributed by atoms with van der Waals surface area (Å²) < 4.78 is 0. The van der Waals surface area contributed by atoms with Crippen molar-refractivity contribution in [1.82, 2.24) is 0 Å². The molecule has 0 fully saturated rings. The molecule has 0 heterocycles. The second-order valence-electron chi connectivity index (χ2n) is 4.55. The van der Waals surface area contributed by atoms with Crippen LogP contribution >= 0.6 is 0 Å². The second kappa shape index (κ2) is 5.67. The van der Waals surface area contributed by atoms with E-state index in [1.807, 2.05) is 6.07 Å². The van der Waals surface area contributed by atoms with Gasteiger partial charge in [-0.15, -0.1) is 0 Å². The van der Waals surface area contributed by atoms with Gasteiger partial charge in [0.25, 0.3) is 0 Å². The van der Waals surface area contributed by atoms with Crippen molar-refractivity contribution in [2.45, 2.75) is 38.5 Å². The number of hydrogen-bond acceptors (Lipinski definition) is 1. The molecule has 2 heteroatoms. The molecule has 0 radical (unpaired) electrons. The van der Waals surface area contributed by atoms with Gasteiger partial charge in [-0.05, 0) is 43.2 Å².